The number of aryl methyl sites for hydroxylation is 1. The summed E-state index contributed by atoms with van der Waals surface area (Å²) in [4.78, 5) is 25.1. The Bertz CT molecular complexity index is 1080. The molecule has 0 saturated carbocycles. The first-order chi connectivity index (χ1) is 13.9. The fourth-order valence-electron chi connectivity index (χ4n) is 2.85. The number of carbonyl (C=O) groups excluding carboxylic acids is 2. The largest absolute Gasteiger partial charge is 0.496 e. The maximum atomic E-state index is 12.7. The molecule has 0 fully saturated rings. The van der Waals surface area contributed by atoms with Crippen molar-refractivity contribution in [2.75, 3.05) is 17.7 Å². The van der Waals surface area contributed by atoms with Crippen LogP contribution in [0.1, 0.15) is 26.3 Å². The van der Waals surface area contributed by atoms with Crippen molar-refractivity contribution in [1.29, 1.82) is 0 Å². The minimum absolute atomic E-state index is 0.256. The molecule has 0 radical (unpaired) electrons. The van der Waals surface area contributed by atoms with Gasteiger partial charge in [-0.25, -0.2) is 0 Å². The van der Waals surface area contributed by atoms with Gasteiger partial charge in [0.2, 0.25) is 0 Å². The van der Waals surface area contributed by atoms with Gasteiger partial charge in [-0.15, -0.1) is 0 Å². The van der Waals surface area contributed by atoms with Gasteiger partial charge >= 0.3 is 0 Å². The lowest BCUT2D eigenvalue weighted by atomic mass is 10.1. The van der Waals surface area contributed by atoms with Crippen LogP contribution in [0.15, 0.2) is 60.7 Å². The van der Waals surface area contributed by atoms with Crippen molar-refractivity contribution in [2.24, 2.45) is 0 Å². The number of benzene rings is 3. The molecule has 0 unspecified atom stereocenters. The topological polar surface area (TPSA) is 67.4 Å². The number of rotatable bonds is 5. The molecule has 0 bridgehead atoms. The second-order valence-electron chi connectivity index (χ2n) is 6.27. The van der Waals surface area contributed by atoms with E-state index in [9.17, 15) is 9.59 Å². The van der Waals surface area contributed by atoms with Crippen molar-refractivity contribution in [1.82, 2.24) is 0 Å². The first-order valence-electron chi connectivity index (χ1n) is 8.70. The number of nitrogens with one attached hydrogen (secondary N) is 2. The molecule has 0 saturated heterocycles. The SMILES string of the molecule is COc1c(C)cccc1C(=O)Nc1cccc(NC(=O)c2ccc(Cl)cc2Cl)c1. The molecule has 0 aliphatic heterocycles. The fraction of sp³-hybridized carbons (Fsp3) is 0.0909. The number of para-hydroxylation sites is 1. The maximum absolute atomic E-state index is 12.7. The standard InChI is InChI=1S/C22H18Cl2N2O3/c1-13-5-3-8-18(20(13)29-2)22(28)26-16-7-4-6-15(12-16)25-21(27)17-10-9-14(23)11-19(17)24/h3-12H,1-2H3,(H,25,27)(H,26,28). The number of hydrogen-bond acceptors (Lipinski definition) is 3. The van der Waals surface area contributed by atoms with Crippen LogP contribution in [-0.2, 0) is 0 Å². The van der Waals surface area contributed by atoms with E-state index in [-0.39, 0.29) is 16.8 Å². The normalized spacial score (nSPS) is 10.3. The van der Waals surface area contributed by atoms with Gasteiger partial charge < -0.3 is 15.4 Å². The molecule has 0 aromatic heterocycles. The highest BCUT2D eigenvalue weighted by Gasteiger charge is 2.15. The number of ether oxygens (including phenoxy) is 1. The van der Waals surface area contributed by atoms with Gasteiger partial charge in [0.05, 0.1) is 23.3 Å². The summed E-state index contributed by atoms with van der Waals surface area (Å²) in [6.07, 6.45) is 0. The van der Waals surface area contributed by atoms with Crippen LogP contribution in [0, 0.1) is 6.92 Å². The summed E-state index contributed by atoms with van der Waals surface area (Å²) in [5.41, 5.74) is 2.62. The minimum atomic E-state index is -0.379. The Morgan fingerprint density at radius 2 is 1.45 bits per heavy atom. The Kier molecular flexibility index (Phi) is 6.42. The molecule has 2 N–H and O–H groups in total. The molecule has 29 heavy (non-hydrogen) atoms. The van der Waals surface area contributed by atoms with Crippen molar-refractivity contribution < 1.29 is 14.3 Å². The van der Waals surface area contributed by atoms with Crippen LogP contribution in [0.25, 0.3) is 0 Å². The van der Waals surface area contributed by atoms with Crippen LogP contribution < -0.4 is 15.4 Å². The quantitative estimate of drug-likeness (QED) is 0.538. The lowest BCUT2D eigenvalue weighted by Gasteiger charge is -2.12. The van der Waals surface area contributed by atoms with Gasteiger partial charge in [0.25, 0.3) is 11.8 Å². The highest BCUT2D eigenvalue weighted by molar-refractivity contribution is 6.37. The Morgan fingerprint density at radius 3 is 2.07 bits per heavy atom. The zero-order valence-electron chi connectivity index (χ0n) is 15.8. The summed E-state index contributed by atoms with van der Waals surface area (Å²) in [6, 6.07) is 16.8. The van der Waals surface area contributed by atoms with Crippen LogP contribution >= 0.6 is 23.2 Å². The number of hydrogen-bond donors (Lipinski definition) is 2. The van der Waals surface area contributed by atoms with Crippen molar-refractivity contribution in [3.8, 4) is 5.75 Å². The van der Waals surface area contributed by atoms with Crippen LogP contribution in [0.5, 0.6) is 5.75 Å². The minimum Gasteiger partial charge on any atom is -0.496 e. The summed E-state index contributed by atoms with van der Waals surface area (Å²) < 4.78 is 5.34. The van der Waals surface area contributed by atoms with Crippen LogP contribution in [0.4, 0.5) is 11.4 Å². The van der Waals surface area contributed by atoms with E-state index in [1.807, 2.05) is 13.0 Å². The molecule has 0 aliphatic carbocycles. The van der Waals surface area contributed by atoms with E-state index in [0.717, 1.165) is 5.56 Å². The molecular formula is C22H18Cl2N2O3. The Morgan fingerprint density at radius 1 is 0.828 bits per heavy atom. The monoisotopic (exact) mass is 428 g/mol. The average molecular weight is 429 g/mol. The first-order valence-corrected chi connectivity index (χ1v) is 9.46. The third kappa shape index (κ3) is 4.88. The van der Waals surface area contributed by atoms with Gasteiger partial charge in [-0.1, -0.05) is 41.4 Å². The average Bonchev–Trinajstić information content (AvgIpc) is 2.67. The predicted molar refractivity (Wildman–Crippen MR) is 117 cm³/mol. The molecule has 3 aromatic rings. The smallest absolute Gasteiger partial charge is 0.259 e. The van der Waals surface area contributed by atoms with E-state index in [4.69, 9.17) is 27.9 Å². The van der Waals surface area contributed by atoms with Crippen LogP contribution in [0.3, 0.4) is 0 Å². The first kappa shape index (κ1) is 20.7. The number of amides is 2. The molecule has 3 rings (SSSR count). The van der Waals surface area contributed by atoms with E-state index in [1.54, 1.807) is 48.5 Å². The molecule has 0 atom stereocenters. The molecule has 148 valence electrons. The number of carbonyl (C=O) groups is 2. The van der Waals surface area contributed by atoms with E-state index < -0.39 is 0 Å². The van der Waals surface area contributed by atoms with E-state index in [1.165, 1.54) is 13.2 Å². The number of anilines is 2. The maximum Gasteiger partial charge on any atom is 0.259 e. The highest BCUT2D eigenvalue weighted by Crippen LogP contribution is 2.25. The van der Waals surface area contributed by atoms with E-state index in [0.29, 0.717) is 33.3 Å². The summed E-state index contributed by atoms with van der Waals surface area (Å²) in [5.74, 6) is -0.169. The molecule has 0 aliphatic rings. The van der Waals surface area contributed by atoms with Gasteiger partial charge in [-0.3, -0.25) is 9.59 Å². The van der Waals surface area contributed by atoms with Crippen molar-refractivity contribution in [3.63, 3.8) is 0 Å². The van der Waals surface area contributed by atoms with E-state index in [2.05, 4.69) is 10.6 Å². The van der Waals surface area contributed by atoms with Gasteiger partial charge in [0.1, 0.15) is 5.75 Å². The Hall–Kier alpha value is -3.02. The molecule has 0 heterocycles. The van der Waals surface area contributed by atoms with Gasteiger partial charge in [0, 0.05) is 16.4 Å². The van der Waals surface area contributed by atoms with Gasteiger partial charge in [-0.2, -0.15) is 0 Å². The molecule has 7 heteroatoms. The lowest BCUT2D eigenvalue weighted by molar-refractivity contribution is 0.101. The second kappa shape index (κ2) is 8.99. The summed E-state index contributed by atoms with van der Waals surface area (Å²) in [6.45, 7) is 1.87. The fourth-order valence-corrected chi connectivity index (χ4v) is 3.34. The lowest BCUT2D eigenvalue weighted by Crippen LogP contribution is -2.15. The molecule has 2 amide bonds. The summed E-state index contributed by atoms with van der Waals surface area (Å²) in [7, 11) is 1.52. The highest BCUT2D eigenvalue weighted by atomic mass is 35.5. The third-order valence-electron chi connectivity index (χ3n) is 4.21. The summed E-state index contributed by atoms with van der Waals surface area (Å²) >= 11 is 12.0. The molecule has 3 aromatic carbocycles. The summed E-state index contributed by atoms with van der Waals surface area (Å²) in [5, 5.41) is 6.28. The third-order valence-corrected chi connectivity index (χ3v) is 4.76. The van der Waals surface area contributed by atoms with Gasteiger partial charge in [-0.05, 0) is 55.0 Å². The van der Waals surface area contributed by atoms with Crippen LogP contribution in [0.2, 0.25) is 10.0 Å². The Labute approximate surface area is 178 Å². The second-order valence-corrected chi connectivity index (χ2v) is 7.11. The number of halogens is 2. The predicted octanol–water partition coefficient (Wildman–Crippen LogP) is 5.82. The van der Waals surface area contributed by atoms with Crippen LogP contribution in [-0.4, -0.2) is 18.9 Å². The zero-order chi connectivity index (χ0) is 21.0. The molecular weight excluding hydrogens is 411 g/mol. The number of methoxy groups -OCH3 is 1. The van der Waals surface area contributed by atoms with Crippen molar-refractivity contribution in [3.05, 3.63) is 87.4 Å². The van der Waals surface area contributed by atoms with E-state index >= 15 is 0 Å². The molecule has 0 spiro atoms. The van der Waals surface area contributed by atoms with Crippen molar-refractivity contribution >= 4 is 46.4 Å². The van der Waals surface area contributed by atoms with Gasteiger partial charge in [0.15, 0.2) is 0 Å². The molecule has 5 nitrogen and oxygen atoms in total. The van der Waals surface area contributed by atoms with Crippen molar-refractivity contribution in [2.45, 2.75) is 6.92 Å². The Balaban J connectivity index is 1.77. The zero-order valence-corrected chi connectivity index (χ0v) is 17.3.